The first kappa shape index (κ1) is 12.2. The first-order valence-electron chi connectivity index (χ1n) is 6.59. The highest BCUT2D eigenvalue weighted by atomic mass is 16.2. The zero-order valence-corrected chi connectivity index (χ0v) is 10.7. The quantitative estimate of drug-likeness (QED) is 0.637. The van der Waals surface area contributed by atoms with Gasteiger partial charge in [-0.3, -0.25) is 10.1 Å². The summed E-state index contributed by atoms with van der Waals surface area (Å²) in [6.07, 6.45) is 0.718. The van der Waals surface area contributed by atoms with Gasteiger partial charge < -0.3 is 16.0 Å². The predicted molar refractivity (Wildman–Crippen MR) is 74.7 cm³/mol. The number of carbonyl (C=O) groups is 1. The normalized spacial score (nSPS) is 18.3. The van der Waals surface area contributed by atoms with Crippen LogP contribution in [0.5, 0.6) is 0 Å². The second kappa shape index (κ2) is 5.03. The molecule has 3 rings (SSSR count). The number of benzene rings is 1. The Hall–Kier alpha value is -1.85. The van der Waals surface area contributed by atoms with Crippen LogP contribution in [0.3, 0.4) is 0 Å². The van der Waals surface area contributed by atoms with Crippen molar-refractivity contribution in [2.75, 3.05) is 13.1 Å². The van der Waals surface area contributed by atoms with Crippen molar-refractivity contribution in [2.24, 2.45) is 5.73 Å². The van der Waals surface area contributed by atoms with Crippen LogP contribution < -0.4 is 16.4 Å². The topological polar surface area (TPSA) is 82.9 Å². The number of rotatable bonds is 3. The Morgan fingerprint density at radius 3 is 3.11 bits per heavy atom. The first-order chi connectivity index (χ1) is 9.29. The number of aromatic amines is 1. The van der Waals surface area contributed by atoms with Gasteiger partial charge in [0.2, 0.25) is 5.91 Å². The van der Waals surface area contributed by atoms with Crippen LogP contribution in [0.1, 0.15) is 11.3 Å². The molecule has 2 heterocycles. The molecule has 1 unspecified atom stereocenters. The maximum Gasteiger partial charge on any atom is 0.237 e. The second-order valence-corrected chi connectivity index (χ2v) is 4.85. The van der Waals surface area contributed by atoms with Crippen LogP contribution >= 0.6 is 0 Å². The summed E-state index contributed by atoms with van der Waals surface area (Å²) in [5.41, 5.74) is 8.97. The molecule has 0 saturated carbocycles. The van der Waals surface area contributed by atoms with Gasteiger partial charge in [-0.15, -0.1) is 0 Å². The second-order valence-electron chi connectivity index (χ2n) is 4.85. The molecule has 1 aromatic carbocycles. The molecule has 1 aliphatic heterocycles. The van der Waals surface area contributed by atoms with Crippen LogP contribution in [0.15, 0.2) is 24.3 Å². The van der Waals surface area contributed by atoms with E-state index in [9.17, 15) is 4.79 Å². The van der Waals surface area contributed by atoms with Gasteiger partial charge in [-0.1, -0.05) is 18.2 Å². The lowest BCUT2D eigenvalue weighted by atomic mass is 9.98. The summed E-state index contributed by atoms with van der Waals surface area (Å²) in [6.45, 7) is 1.69. The number of carbonyl (C=O) groups excluding carboxylic acids is 1. The maximum absolute atomic E-state index is 12.0. The van der Waals surface area contributed by atoms with Gasteiger partial charge in [0.25, 0.3) is 0 Å². The molecule has 0 spiro atoms. The van der Waals surface area contributed by atoms with Gasteiger partial charge in [-0.25, -0.2) is 0 Å². The minimum absolute atomic E-state index is 0.0291. The molecular formula is C14H18N4O. The highest BCUT2D eigenvalue weighted by molar-refractivity contribution is 5.88. The number of para-hydroxylation sites is 1. The number of aromatic nitrogens is 1. The summed E-state index contributed by atoms with van der Waals surface area (Å²) >= 11 is 0. The van der Waals surface area contributed by atoms with Crippen LogP contribution in [-0.2, 0) is 17.8 Å². The molecule has 0 bridgehead atoms. The lowest BCUT2D eigenvalue weighted by molar-refractivity contribution is -0.123. The van der Waals surface area contributed by atoms with E-state index in [1.165, 1.54) is 16.6 Å². The Labute approximate surface area is 111 Å². The first-order valence-corrected chi connectivity index (χ1v) is 6.59. The fourth-order valence-corrected chi connectivity index (χ4v) is 2.65. The molecule has 5 heteroatoms. The largest absolute Gasteiger partial charge is 0.357 e. The van der Waals surface area contributed by atoms with E-state index in [0.29, 0.717) is 19.6 Å². The van der Waals surface area contributed by atoms with E-state index in [1.807, 2.05) is 12.1 Å². The number of nitrogens with one attached hydrogen (secondary N) is 3. The molecule has 1 aliphatic rings. The van der Waals surface area contributed by atoms with Gasteiger partial charge in [0.15, 0.2) is 0 Å². The minimum atomic E-state index is -0.168. The van der Waals surface area contributed by atoms with E-state index in [4.69, 9.17) is 5.73 Å². The lowest BCUT2D eigenvalue weighted by Crippen LogP contribution is -2.48. The van der Waals surface area contributed by atoms with Gasteiger partial charge in [0, 0.05) is 36.2 Å². The van der Waals surface area contributed by atoms with Crippen LogP contribution in [0, 0.1) is 0 Å². The van der Waals surface area contributed by atoms with E-state index < -0.39 is 0 Å². The molecule has 19 heavy (non-hydrogen) atoms. The highest BCUT2D eigenvalue weighted by Crippen LogP contribution is 2.26. The third-order valence-electron chi connectivity index (χ3n) is 3.60. The van der Waals surface area contributed by atoms with Crippen molar-refractivity contribution in [2.45, 2.75) is 19.0 Å². The zero-order chi connectivity index (χ0) is 13.2. The summed E-state index contributed by atoms with van der Waals surface area (Å²) in [5, 5.41) is 7.32. The number of hydrogen-bond acceptors (Lipinski definition) is 3. The lowest BCUT2D eigenvalue weighted by Gasteiger charge is -2.23. The Bertz CT molecular complexity index is 605. The van der Waals surface area contributed by atoms with E-state index >= 15 is 0 Å². The van der Waals surface area contributed by atoms with Gasteiger partial charge >= 0.3 is 0 Å². The molecule has 1 atom stereocenters. The molecule has 0 fully saturated rings. The van der Waals surface area contributed by atoms with Crippen molar-refractivity contribution < 1.29 is 4.79 Å². The fraction of sp³-hybridized carbons (Fsp3) is 0.357. The van der Waals surface area contributed by atoms with E-state index in [1.54, 1.807) is 0 Å². The summed E-state index contributed by atoms with van der Waals surface area (Å²) in [7, 11) is 0. The summed E-state index contributed by atoms with van der Waals surface area (Å²) < 4.78 is 0. The van der Waals surface area contributed by atoms with Gasteiger partial charge in [-0.2, -0.15) is 0 Å². The van der Waals surface area contributed by atoms with Gasteiger partial charge in [0.1, 0.15) is 0 Å². The maximum atomic E-state index is 12.0. The third kappa shape index (κ3) is 2.22. The minimum Gasteiger partial charge on any atom is -0.357 e. The molecule has 2 aromatic rings. The van der Waals surface area contributed by atoms with Crippen molar-refractivity contribution >= 4 is 16.8 Å². The molecule has 5 nitrogen and oxygen atoms in total. The Balaban J connectivity index is 1.84. The van der Waals surface area contributed by atoms with Crippen molar-refractivity contribution in [1.82, 2.24) is 15.6 Å². The molecule has 1 aromatic heterocycles. The van der Waals surface area contributed by atoms with Gasteiger partial charge in [-0.05, 0) is 18.1 Å². The Morgan fingerprint density at radius 1 is 1.42 bits per heavy atom. The summed E-state index contributed by atoms with van der Waals surface area (Å²) in [5.74, 6) is 0.0291. The van der Waals surface area contributed by atoms with Crippen LogP contribution in [0.25, 0.3) is 10.9 Å². The van der Waals surface area contributed by atoms with Gasteiger partial charge in [0.05, 0.1) is 6.04 Å². The molecular weight excluding hydrogens is 240 g/mol. The monoisotopic (exact) mass is 258 g/mol. The SMILES string of the molecule is NCCNC(=O)C1Cc2c([nH]c3ccccc23)CN1. The number of H-pyrrole nitrogens is 1. The van der Waals surface area contributed by atoms with Crippen molar-refractivity contribution in [3.05, 3.63) is 35.5 Å². The number of hydrogen-bond donors (Lipinski definition) is 4. The van der Waals surface area contributed by atoms with Crippen LogP contribution in [-0.4, -0.2) is 30.0 Å². The number of amides is 1. The van der Waals surface area contributed by atoms with Crippen LogP contribution in [0.4, 0.5) is 0 Å². The summed E-state index contributed by atoms with van der Waals surface area (Å²) in [4.78, 5) is 15.4. The van der Waals surface area contributed by atoms with Crippen molar-refractivity contribution in [3.8, 4) is 0 Å². The van der Waals surface area contributed by atoms with Crippen molar-refractivity contribution in [3.63, 3.8) is 0 Å². The standard InChI is InChI=1S/C14H18N4O/c15-5-6-16-14(19)12-7-10-9-3-1-2-4-11(9)18-13(10)8-17-12/h1-4,12,17-18H,5-8,15H2,(H,16,19). The average molecular weight is 258 g/mol. The van der Waals surface area contributed by atoms with E-state index in [0.717, 1.165) is 11.9 Å². The molecule has 0 saturated heterocycles. The Morgan fingerprint density at radius 2 is 2.26 bits per heavy atom. The highest BCUT2D eigenvalue weighted by Gasteiger charge is 2.26. The molecule has 0 aliphatic carbocycles. The molecule has 100 valence electrons. The summed E-state index contributed by atoms with van der Waals surface area (Å²) in [6, 6.07) is 8.05. The molecule has 5 N–H and O–H groups in total. The zero-order valence-electron chi connectivity index (χ0n) is 10.7. The van der Waals surface area contributed by atoms with E-state index in [2.05, 4.69) is 27.8 Å². The predicted octanol–water partition coefficient (Wildman–Crippen LogP) is 0.257. The fourth-order valence-electron chi connectivity index (χ4n) is 2.65. The average Bonchev–Trinajstić information content (AvgIpc) is 2.82. The van der Waals surface area contributed by atoms with Crippen molar-refractivity contribution in [1.29, 1.82) is 0 Å². The molecule has 0 radical (unpaired) electrons. The number of nitrogens with two attached hydrogens (primary N) is 1. The van der Waals surface area contributed by atoms with E-state index in [-0.39, 0.29) is 11.9 Å². The Kier molecular flexibility index (Phi) is 3.23. The third-order valence-corrected chi connectivity index (χ3v) is 3.60. The molecule has 1 amide bonds. The van der Waals surface area contributed by atoms with Crippen LogP contribution in [0.2, 0.25) is 0 Å². The smallest absolute Gasteiger partial charge is 0.237 e. The number of fused-ring (bicyclic) bond motifs is 3.